The molecule has 8 heteroatoms. The first-order valence-electron chi connectivity index (χ1n) is 6.48. The van der Waals surface area contributed by atoms with E-state index >= 15 is 0 Å². The lowest BCUT2D eigenvalue weighted by molar-refractivity contribution is -0.181. The van der Waals surface area contributed by atoms with Gasteiger partial charge in [0.05, 0.1) is 23.3 Å². The standard InChI is InChI=1S/C13H13F3N4O/c1-3-8-4-10-17-5-9-11(20(10)18-8)12(2,13(14,15)16)6-19(9)7-21/h4-5,7H,3,6H2,1-2H3. The van der Waals surface area contributed by atoms with Crippen LogP contribution in [0.15, 0.2) is 12.3 Å². The van der Waals surface area contributed by atoms with E-state index < -0.39 is 18.1 Å². The Labute approximate surface area is 118 Å². The summed E-state index contributed by atoms with van der Waals surface area (Å²) in [6.45, 7) is 2.49. The van der Waals surface area contributed by atoms with Crippen molar-refractivity contribution in [2.45, 2.75) is 31.9 Å². The zero-order valence-corrected chi connectivity index (χ0v) is 11.5. The molecule has 0 aliphatic carbocycles. The van der Waals surface area contributed by atoms with Crippen LogP contribution in [0.5, 0.6) is 0 Å². The van der Waals surface area contributed by atoms with Crippen LogP contribution in [-0.2, 0) is 16.6 Å². The van der Waals surface area contributed by atoms with Gasteiger partial charge in [0, 0.05) is 12.6 Å². The van der Waals surface area contributed by atoms with E-state index in [9.17, 15) is 18.0 Å². The van der Waals surface area contributed by atoms with Crippen LogP contribution in [0.1, 0.15) is 25.2 Å². The third-order valence-corrected chi connectivity index (χ3v) is 3.95. The SMILES string of the molecule is CCc1cc2ncc3c(n2n1)C(C)(C(F)(F)F)CN3C=O. The van der Waals surface area contributed by atoms with Crippen molar-refractivity contribution >= 4 is 17.7 Å². The smallest absolute Gasteiger partial charge is 0.311 e. The number of fused-ring (bicyclic) bond motifs is 3. The molecular weight excluding hydrogens is 285 g/mol. The first kappa shape index (κ1) is 13.8. The fraction of sp³-hybridized carbons (Fsp3) is 0.462. The summed E-state index contributed by atoms with van der Waals surface area (Å²) in [5.74, 6) is 0. The maximum atomic E-state index is 13.5. The minimum absolute atomic E-state index is 0.0354. The number of carbonyl (C=O) groups is 1. The van der Waals surface area contributed by atoms with Crippen molar-refractivity contribution in [1.82, 2.24) is 14.6 Å². The zero-order chi connectivity index (χ0) is 15.4. The van der Waals surface area contributed by atoms with Crippen molar-refractivity contribution in [3.05, 3.63) is 23.7 Å². The first-order chi connectivity index (χ1) is 9.81. The molecule has 0 fully saturated rings. The summed E-state index contributed by atoms with van der Waals surface area (Å²) in [7, 11) is 0. The van der Waals surface area contributed by atoms with Gasteiger partial charge in [-0.25, -0.2) is 9.50 Å². The predicted octanol–water partition coefficient (Wildman–Crippen LogP) is 2.09. The van der Waals surface area contributed by atoms with Crippen LogP contribution in [0.4, 0.5) is 18.9 Å². The summed E-state index contributed by atoms with van der Waals surface area (Å²) in [6.07, 6.45) is -2.20. The number of alkyl halides is 3. The molecule has 0 aromatic carbocycles. The molecule has 0 spiro atoms. The van der Waals surface area contributed by atoms with E-state index in [-0.39, 0.29) is 11.4 Å². The summed E-state index contributed by atoms with van der Waals surface area (Å²) >= 11 is 0. The summed E-state index contributed by atoms with van der Waals surface area (Å²) in [5.41, 5.74) is -1.03. The molecule has 3 rings (SSSR count). The topological polar surface area (TPSA) is 50.5 Å². The van der Waals surface area contributed by atoms with Crippen LogP contribution in [0.2, 0.25) is 0 Å². The van der Waals surface area contributed by atoms with Gasteiger partial charge in [0.15, 0.2) is 5.65 Å². The molecule has 0 saturated heterocycles. The van der Waals surface area contributed by atoms with Gasteiger partial charge in [-0.1, -0.05) is 6.92 Å². The Morgan fingerprint density at radius 1 is 1.48 bits per heavy atom. The van der Waals surface area contributed by atoms with Gasteiger partial charge in [0.25, 0.3) is 0 Å². The number of anilines is 1. The maximum Gasteiger partial charge on any atom is 0.401 e. The van der Waals surface area contributed by atoms with Crippen LogP contribution in [0, 0.1) is 0 Å². The second kappa shape index (κ2) is 4.19. The van der Waals surface area contributed by atoms with Gasteiger partial charge in [0.1, 0.15) is 5.41 Å². The first-order valence-corrected chi connectivity index (χ1v) is 6.48. The number of rotatable bonds is 2. The molecule has 112 valence electrons. The normalized spacial score (nSPS) is 21.9. The van der Waals surface area contributed by atoms with Crippen LogP contribution < -0.4 is 4.90 Å². The monoisotopic (exact) mass is 298 g/mol. The van der Waals surface area contributed by atoms with Gasteiger partial charge in [-0.05, 0) is 13.3 Å². The summed E-state index contributed by atoms with van der Waals surface area (Å²) < 4.78 is 41.9. The van der Waals surface area contributed by atoms with Crippen molar-refractivity contribution in [1.29, 1.82) is 0 Å². The molecule has 0 N–H and O–H groups in total. The molecule has 0 saturated carbocycles. The number of nitrogens with zero attached hydrogens (tertiary/aromatic N) is 4. The average molecular weight is 298 g/mol. The minimum Gasteiger partial charge on any atom is -0.311 e. The van der Waals surface area contributed by atoms with Gasteiger partial charge in [-0.3, -0.25) is 4.79 Å². The number of aromatic nitrogens is 3. The molecule has 2 aromatic rings. The Kier molecular flexibility index (Phi) is 2.76. The van der Waals surface area contributed by atoms with Crippen LogP contribution in [0.3, 0.4) is 0 Å². The predicted molar refractivity (Wildman–Crippen MR) is 69.2 cm³/mol. The average Bonchev–Trinajstić information content (AvgIpc) is 2.96. The molecule has 2 aromatic heterocycles. The van der Waals surface area contributed by atoms with Crippen LogP contribution in [0.25, 0.3) is 5.65 Å². The Bertz CT molecular complexity index is 724. The summed E-state index contributed by atoms with van der Waals surface area (Å²) in [4.78, 5) is 16.2. The highest BCUT2D eigenvalue weighted by molar-refractivity contribution is 5.81. The van der Waals surface area contributed by atoms with Crippen molar-refractivity contribution in [2.75, 3.05) is 11.4 Å². The van der Waals surface area contributed by atoms with E-state index in [4.69, 9.17) is 0 Å². The highest BCUT2D eigenvalue weighted by Gasteiger charge is 2.59. The summed E-state index contributed by atoms with van der Waals surface area (Å²) in [6, 6.07) is 1.65. The quantitative estimate of drug-likeness (QED) is 0.798. The van der Waals surface area contributed by atoms with E-state index in [1.807, 2.05) is 6.92 Å². The molecular formula is C13H13F3N4O. The maximum absolute atomic E-state index is 13.5. The highest BCUT2D eigenvalue weighted by atomic mass is 19.4. The number of hydrogen-bond acceptors (Lipinski definition) is 3. The van der Waals surface area contributed by atoms with E-state index in [1.165, 1.54) is 10.7 Å². The van der Waals surface area contributed by atoms with E-state index in [0.29, 0.717) is 24.2 Å². The highest BCUT2D eigenvalue weighted by Crippen LogP contribution is 2.49. The van der Waals surface area contributed by atoms with Crippen LogP contribution in [-0.4, -0.2) is 33.7 Å². The third kappa shape index (κ3) is 1.74. The number of halogens is 3. The number of hydrogen-bond donors (Lipinski definition) is 0. The van der Waals surface area contributed by atoms with E-state index in [0.717, 1.165) is 11.8 Å². The van der Waals surface area contributed by atoms with Gasteiger partial charge in [0.2, 0.25) is 6.41 Å². The molecule has 1 atom stereocenters. The fourth-order valence-corrected chi connectivity index (χ4v) is 2.69. The van der Waals surface area contributed by atoms with Gasteiger partial charge < -0.3 is 4.90 Å². The van der Waals surface area contributed by atoms with Gasteiger partial charge in [-0.2, -0.15) is 18.3 Å². The van der Waals surface area contributed by atoms with Crippen LogP contribution >= 0.6 is 0 Å². The second-order valence-corrected chi connectivity index (χ2v) is 5.31. The Balaban J connectivity index is 2.35. The fourth-order valence-electron chi connectivity index (χ4n) is 2.69. The molecule has 3 heterocycles. The lowest BCUT2D eigenvalue weighted by Gasteiger charge is -2.27. The third-order valence-electron chi connectivity index (χ3n) is 3.95. The van der Waals surface area contributed by atoms with Gasteiger partial charge >= 0.3 is 6.18 Å². The molecule has 5 nitrogen and oxygen atoms in total. The Morgan fingerprint density at radius 2 is 2.19 bits per heavy atom. The Morgan fingerprint density at radius 3 is 2.76 bits per heavy atom. The number of carbonyl (C=O) groups excluding carboxylic acids is 1. The molecule has 1 unspecified atom stereocenters. The zero-order valence-electron chi connectivity index (χ0n) is 11.5. The number of amides is 1. The largest absolute Gasteiger partial charge is 0.401 e. The van der Waals surface area contributed by atoms with Crippen molar-refractivity contribution in [3.63, 3.8) is 0 Å². The molecule has 21 heavy (non-hydrogen) atoms. The molecule has 0 radical (unpaired) electrons. The van der Waals surface area contributed by atoms with Crippen molar-refractivity contribution < 1.29 is 18.0 Å². The van der Waals surface area contributed by atoms with Gasteiger partial charge in [-0.15, -0.1) is 0 Å². The van der Waals surface area contributed by atoms with Crippen molar-refractivity contribution in [3.8, 4) is 0 Å². The minimum atomic E-state index is -4.49. The lowest BCUT2D eigenvalue weighted by atomic mass is 9.88. The second-order valence-electron chi connectivity index (χ2n) is 5.31. The molecule has 1 aliphatic rings. The summed E-state index contributed by atoms with van der Waals surface area (Å²) in [5, 5.41) is 4.19. The Hall–Kier alpha value is -2.12. The van der Waals surface area contributed by atoms with E-state index in [2.05, 4.69) is 10.1 Å². The molecule has 1 amide bonds. The van der Waals surface area contributed by atoms with E-state index in [1.54, 1.807) is 6.07 Å². The molecule has 1 aliphatic heterocycles. The van der Waals surface area contributed by atoms with Crippen molar-refractivity contribution in [2.24, 2.45) is 0 Å². The molecule has 0 bridgehead atoms. The number of aryl methyl sites for hydroxylation is 1. The lowest BCUT2D eigenvalue weighted by Crippen LogP contribution is -2.44.